The molecule has 0 saturated carbocycles. The second kappa shape index (κ2) is 7.79. The molecule has 0 bridgehead atoms. The van der Waals surface area contributed by atoms with Crippen LogP contribution < -0.4 is 11.1 Å². The summed E-state index contributed by atoms with van der Waals surface area (Å²) in [5.41, 5.74) is 7.04. The Morgan fingerprint density at radius 3 is 2.76 bits per heavy atom. The van der Waals surface area contributed by atoms with Crippen LogP contribution in [0.1, 0.15) is 41.6 Å². The van der Waals surface area contributed by atoms with Crippen molar-refractivity contribution in [2.75, 3.05) is 13.1 Å². The molecule has 0 radical (unpaired) electrons. The van der Waals surface area contributed by atoms with Crippen LogP contribution in [0.25, 0.3) is 0 Å². The summed E-state index contributed by atoms with van der Waals surface area (Å²) in [6, 6.07) is 1.84. The minimum absolute atomic E-state index is 0.0416. The van der Waals surface area contributed by atoms with Crippen LogP contribution in [0.3, 0.4) is 0 Å². The van der Waals surface area contributed by atoms with Crippen molar-refractivity contribution >= 4 is 5.91 Å². The Hall–Kier alpha value is -1.42. The van der Waals surface area contributed by atoms with E-state index in [9.17, 15) is 4.79 Å². The van der Waals surface area contributed by atoms with E-state index in [2.05, 4.69) is 10.3 Å². The average Bonchev–Trinajstić information content (AvgIpc) is 2.33. The zero-order valence-electron chi connectivity index (χ0n) is 10.4. The Kier molecular flexibility index (Phi) is 6.25. The molecule has 17 heavy (non-hydrogen) atoms. The second-order valence-electron chi connectivity index (χ2n) is 4.21. The third kappa shape index (κ3) is 5.45. The van der Waals surface area contributed by atoms with Gasteiger partial charge in [-0.2, -0.15) is 0 Å². The molecule has 1 rings (SSSR count). The van der Waals surface area contributed by atoms with E-state index in [0.717, 1.165) is 44.3 Å². The number of aromatic nitrogens is 1. The van der Waals surface area contributed by atoms with Gasteiger partial charge < -0.3 is 11.1 Å². The molecule has 0 aromatic carbocycles. The number of carbonyl (C=O) groups excluding carboxylic acids is 1. The zero-order valence-corrected chi connectivity index (χ0v) is 10.4. The van der Waals surface area contributed by atoms with Crippen molar-refractivity contribution in [3.8, 4) is 0 Å². The maximum Gasteiger partial charge on any atom is 0.252 e. The maximum absolute atomic E-state index is 11.7. The van der Waals surface area contributed by atoms with E-state index in [1.165, 1.54) is 0 Å². The number of nitrogens with two attached hydrogens (primary N) is 1. The summed E-state index contributed by atoms with van der Waals surface area (Å²) >= 11 is 0. The minimum atomic E-state index is -0.0416. The Labute approximate surface area is 103 Å². The standard InChI is InChI=1S/C13H21N3O/c1-11-8-12(10-15-9-11)13(17)16-7-5-3-2-4-6-14/h8-10H,2-7,14H2,1H3,(H,16,17). The summed E-state index contributed by atoms with van der Waals surface area (Å²) < 4.78 is 0. The number of unbranched alkanes of at least 4 members (excludes halogenated alkanes) is 3. The summed E-state index contributed by atoms with van der Waals surface area (Å²) in [6.45, 7) is 3.40. The van der Waals surface area contributed by atoms with E-state index in [0.29, 0.717) is 5.56 Å². The maximum atomic E-state index is 11.7. The number of nitrogens with zero attached hydrogens (tertiary/aromatic N) is 1. The minimum Gasteiger partial charge on any atom is -0.352 e. The van der Waals surface area contributed by atoms with Gasteiger partial charge in [0, 0.05) is 18.9 Å². The van der Waals surface area contributed by atoms with Crippen LogP contribution in [0.5, 0.6) is 0 Å². The lowest BCUT2D eigenvalue weighted by atomic mass is 10.2. The summed E-state index contributed by atoms with van der Waals surface area (Å²) in [6.07, 6.45) is 7.66. The fraction of sp³-hybridized carbons (Fsp3) is 0.538. The molecule has 0 aliphatic carbocycles. The van der Waals surface area contributed by atoms with E-state index < -0.39 is 0 Å². The average molecular weight is 235 g/mol. The van der Waals surface area contributed by atoms with Crippen molar-refractivity contribution in [3.05, 3.63) is 29.6 Å². The summed E-state index contributed by atoms with van der Waals surface area (Å²) in [5, 5.41) is 2.89. The quantitative estimate of drug-likeness (QED) is 0.706. The Morgan fingerprint density at radius 1 is 1.29 bits per heavy atom. The van der Waals surface area contributed by atoms with Crippen LogP contribution in [0.15, 0.2) is 18.5 Å². The third-order valence-electron chi connectivity index (χ3n) is 2.55. The molecule has 4 heteroatoms. The van der Waals surface area contributed by atoms with E-state index in [-0.39, 0.29) is 5.91 Å². The van der Waals surface area contributed by atoms with Crippen LogP contribution in [0, 0.1) is 6.92 Å². The van der Waals surface area contributed by atoms with Gasteiger partial charge in [0.05, 0.1) is 5.56 Å². The van der Waals surface area contributed by atoms with Gasteiger partial charge in [-0.3, -0.25) is 9.78 Å². The molecule has 0 spiro atoms. The van der Waals surface area contributed by atoms with Gasteiger partial charge in [0.25, 0.3) is 5.91 Å². The van der Waals surface area contributed by atoms with Crippen molar-refractivity contribution in [3.63, 3.8) is 0 Å². The molecule has 1 aromatic heterocycles. The van der Waals surface area contributed by atoms with Gasteiger partial charge in [0.15, 0.2) is 0 Å². The van der Waals surface area contributed by atoms with Gasteiger partial charge in [-0.15, -0.1) is 0 Å². The number of carbonyl (C=O) groups is 1. The van der Waals surface area contributed by atoms with Gasteiger partial charge in [-0.05, 0) is 37.9 Å². The molecule has 3 N–H and O–H groups in total. The Morgan fingerprint density at radius 2 is 2.06 bits per heavy atom. The SMILES string of the molecule is Cc1cncc(C(=O)NCCCCCCN)c1. The number of pyridine rings is 1. The van der Waals surface area contributed by atoms with Crippen molar-refractivity contribution in [1.82, 2.24) is 10.3 Å². The van der Waals surface area contributed by atoms with Crippen molar-refractivity contribution in [1.29, 1.82) is 0 Å². The highest BCUT2D eigenvalue weighted by molar-refractivity contribution is 5.93. The fourth-order valence-electron chi connectivity index (χ4n) is 1.61. The predicted octanol–water partition coefficient (Wildman–Crippen LogP) is 1.64. The molecular weight excluding hydrogens is 214 g/mol. The van der Waals surface area contributed by atoms with Crippen LogP contribution in [-0.4, -0.2) is 24.0 Å². The van der Waals surface area contributed by atoms with E-state index in [1.54, 1.807) is 12.4 Å². The van der Waals surface area contributed by atoms with Crippen LogP contribution in [0.2, 0.25) is 0 Å². The first-order valence-electron chi connectivity index (χ1n) is 6.14. The molecule has 0 fully saturated rings. The first kappa shape index (κ1) is 13.6. The van der Waals surface area contributed by atoms with Crippen LogP contribution in [0.4, 0.5) is 0 Å². The van der Waals surface area contributed by atoms with Gasteiger partial charge in [0.1, 0.15) is 0 Å². The van der Waals surface area contributed by atoms with Crippen LogP contribution in [-0.2, 0) is 0 Å². The zero-order chi connectivity index (χ0) is 12.5. The van der Waals surface area contributed by atoms with Gasteiger partial charge >= 0.3 is 0 Å². The molecule has 4 nitrogen and oxygen atoms in total. The topological polar surface area (TPSA) is 68.0 Å². The molecule has 0 aliphatic heterocycles. The Bertz CT molecular complexity index is 352. The second-order valence-corrected chi connectivity index (χ2v) is 4.21. The molecule has 0 unspecified atom stereocenters. The van der Waals surface area contributed by atoms with Gasteiger partial charge in [0.2, 0.25) is 0 Å². The molecule has 94 valence electrons. The summed E-state index contributed by atoms with van der Waals surface area (Å²) in [7, 11) is 0. The molecule has 0 atom stereocenters. The Balaban J connectivity index is 2.21. The van der Waals surface area contributed by atoms with Crippen molar-refractivity contribution in [2.24, 2.45) is 5.73 Å². The van der Waals surface area contributed by atoms with Crippen molar-refractivity contribution < 1.29 is 4.79 Å². The van der Waals surface area contributed by atoms with Gasteiger partial charge in [-0.25, -0.2) is 0 Å². The smallest absolute Gasteiger partial charge is 0.252 e. The number of hydrogen-bond acceptors (Lipinski definition) is 3. The third-order valence-corrected chi connectivity index (χ3v) is 2.55. The normalized spacial score (nSPS) is 10.2. The number of amides is 1. The monoisotopic (exact) mass is 235 g/mol. The number of hydrogen-bond donors (Lipinski definition) is 2. The largest absolute Gasteiger partial charge is 0.352 e. The lowest BCUT2D eigenvalue weighted by molar-refractivity contribution is 0.0952. The van der Waals surface area contributed by atoms with E-state index >= 15 is 0 Å². The van der Waals surface area contributed by atoms with Gasteiger partial charge in [-0.1, -0.05) is 12.8 Å². The number of rotatable bonds is 7. The molecule has 0 saturated heterocycles. The molecule has 1 amide bonds. The number of aryl methyl sites for hydroxylation is 1. The van der Waals surface area contributed by atoms with Crippen molar-refractivity contribution in [2.45, 2.75) is 32.6 Å². The summed E-state index contributed by atoms with van der Waals surface area (Å²) in [4.78, 5) is 15.7. The lowest BCUT2D eigenvalue weighted by Gasteiger charge is -2.05. The first-order chi connectivity index (χ1) is 8.24. The summed E-state index contributed by atoms with van der Waals surface area (Å²) in [5.74, 6) is -0.0416. The molecular formula is C13H21N3O. The lowest BCUT2D eigenvalue weighted by Crippen LogP contribution is -2.24. The highest BCUT2D eigenvalue weighted by Gasteiger charge is 2.04. The molecule has 1 aromatic rings. The predicted molar refractivity (Wildman–Crippen MR) is 68.8 cm³/mol. The highest BCUT2D eigenvalue weighted by Crippen LogP contribution is 2.01. The molecule has 0 aliphatic rings. The van der Waals surface area contributed by atoms with E-state index in [4.69, 9.17) is 5.73 Å². The first-order valence-corrected chi connectivity index (χ1v) is 6.14. The van der Waals surface area contributed by atoms with Crippen LogP contribution >= 0.6 is 0 Å². The van der Waals surface area contributed by atoms with E-state index in [1.807, 2.05) is 13.0 Å². The highest BCUT2D eigenvalue weighted by atomic mass is 16.1. The molecule has 1 heterocycles. The number of nitrogens with one attached hydrogen (secondary N) is 1. The fourth-order valence-corrected chi connectivity index (χ4v) is 1.61.